The highest BCUT2D eigenvalue weighted by atomic mass is 19.2. The van der Waals surface area contributed by atoms with E-state index in [9.17, 15) is 13.6 Å². The standard InChI is InChI=1S/C19H14F2N2O4/c20-14-3-1-2-12(18(14)21)9-22-19(24)17-8-13(23-27-17)6-11-4-5-15-16(7-11)26-10-25-15/h1-5,7-8H,6,9-10H2,(H,22,24). The van der Waals surface area contributed by atoms with E-state index in [4.69, 9.17) is 14.0 Å². The van der Waals surface area contributed by atoms with Crippen molar-refractivity contribution in [1.82, 2.24) is 10.5 Å². The highest BCUT2D eigenvalue weighted by Crippen LogP contribution is 2.33. The second-order valence-corrected chi connectivity index (χ2v) is 5.94. The van der Waals surface area contributed by atoms with Crippen LogP contribution in [-0.4, -0.2) is 17.9 Å². The van der Waals surface area contributed by atoms with Gasteiger partial charge in [-0.25, -0.2) is 8.78 Å². The SMILES string of the molecule is O=C(NCc1cccc(F)c1F)c1cc(Cc2ccc3c(c2)OCO3)no1. The van der Waals surface area contributed by atoms with E-state index in [2.05, 4.69) is 10.5 Å². The maximum atomic E-state index is 13.6. The highest BCUT2D eigenvalue weighted by Gasteiger charge is 2.17. The van der Waals surface area contributed by atoms with E-state index < -0.39 is 17.5 Å². The zero-order valence-corrected chi connectivity index (χ0v) is 14.0. The van der Waals surface area contributed by atoms with E-state index >= 15 is 0 Å². The minimum Gasteiger partial charge on any atom is -0.454 e. The predicted octanol–water partition coefficient (Wildman–Crippen LogP) is 3.20. The molecule has 1 aliphatic heterocycles. The Labute approximate surface area is 152 Å². The molecule has 0 atom stereocenters. The Kier molecular flexibility index (Phi) is 4.45. The summed E-state index contributed by atoms with van der Waals surface area (Å²) in [4.78, 5) is 12.1. The number of nitrogens with one attached hydrogen (secondary N) is 1. The van der Waals surface area contributed by atoms with E-state index in [1.807, 2.05) is 12.1 Å². The number of ether oxygens (including phenoxy) is 2. The van der Waals surface area contributed by atoms with Gasteiger partial charge in [-0.3, -0.25) is 4.79 Å². The molecule has 8 heteroatoms. The summed E-state index contributed by atoms with van der Waals surface area (Å²) in [6, 6.07) is 10.8. The highest BCUT2D eigenvalue weighted by molar-refractivity contribution is 5.91. The summed E-state index contributed by atoms with van der Waals surface area (Å²) in [7, 11) is 0. The fourth-order valence-corrected chi connectivity index (χ4v) is 2.71. The van der Waals surface area contributed by atoms with Gasteiger partial charge in [0, 0.05) is 24.6 Å². The number of amides is 1. The Morgan fingerprint density at radius 1 is 1.11 bits per heavy atom. The van der Waals surface area contributed by atoms with Crippen LogP contribution in [0, 0.1) is 11.6 Å². The molecule has 3 aromatic rings. The average Bonchev–Trinajstić information content (AvgIpc) is 3.32. The molecule has 1 aliphatic rings. The van der Waals surface area contributed by atoms with E-state index in [0.717, 1.165) is 11.6 Å². The van der Waals surface area contributed by atoms with Gasteiger partial charge in [-0.1, -0.05) is 23.4 Å². The van der Waals surface area contributed by atoms with Crippen LogP contribution in [0.5, 0.6) is 11.5 Å². The van der Waals surface area contributed by atoms with Crippen molar-refractivity contribution in [2.45, 2.75) is 13.0 Å². The topological polar surface area (TPSA) is 73.6 Å². The van der Waals surface area contributed by atoms with Gasteiger partial charge in [-0.15, -0.1) is 0 Å². The van der Waals surface area contributed by atoms with Crippen LogP contribution in [0.4, 0.5) is 8.78 Å². The van der Waals surface area contributed by atoms with Crippen LogP contribution in [0.2, 0.25) is 0 Å². The Morgan fingerprint density at radius 2 is 1.96 bits per heavy atom. The lowest BCUT2D eigenvalue weighted by molar-refractivity contribution is 0.0913. The number of nitrogens with zero attached hydrogens (tertiary/aromatic N) is 1. The molecule has 1 aromatic heterocycles. The fraction of sp³-hybridized carbons (Fsp3) is 0.158. The molecule has 2 heterocycles. The number of halogens is 2. The monoisotopic (exact) mass is 372 g/mol. The molecule has 0 saturated heterocycles. The van der Waals surface area contributed by atoms with Crippen molar-refractivity contribution in [3.05, 3.63) is 76.7 Å². The van der Waals surface area contributed by atoms with Crippen molar-refractivity contribution in [3.8, 4) is 11.5 Å². The van der Waals surface area contributed by atoms with Crippen LogP contribution in [0.3, 0.4) is 0 Å². The second-order valence-electron chi connectivity index (χ2n) is 5.94. The Bertz CT molecular complexity index is 1000. The largest absolute Gasteiger partial charge is 0.454 e. The number of carbonyl (C=O) groups excluding carboxylic acids is 1. The summed E-state index contributed by atoms with van der Waals surface area (Å²) in [5, 5.41) is 6.35. The fourth-order valence-electron chi connectivity index (χ4n) is 2.71. The van der Waals surface area contributed by atoms with Gasteiger partial charge in [0.15, 0.2) is 23.1 Å². The molecule has 138 valence electrons. The van der Waals surface area contributed by atoms with E-state index in [0.29, 0.717) is 23.6 Å². The molecule has 0 unspecified atom stereocenters. The van der Waals surface area contributed by atoms with E-state index in [1.54, 1.807) is 6.07 Å². The number of hydrogen-bond donors (Lipinski definition) is 1. The van der Waals surface area contributed by atoms with Crippen molar-refractivity contribution in [2.24, 2.45) is 0 Å². The quantitative estimate of drug-likeness (QED) is 0.745. The summed E-state index contributed by atoms with van der Waals surface area (Å²) in [5.41, 5.74) is 1.51. The van der Waals surface area contributed by atoms with Crippen LogP contribution in [-0.2, 0) is 13.0 Å². The molecule has 27 heavy (non-hydrogen) atoms. The zero-order valence-electron chi connectivity index (χ0n) is 14.0. The van der Waals surface area contributed by atoms with Crippen molar-refractivity contribution < 1.29 is 27.6 Å². The van der Waals surface area contributed by atoms with Gasteiger partial charge >= 0.3 is 0 Å². The number of hydrogen-bond acceptors (Lipinski definition) is 5. The second kappa shape index (κ2) is 7.06. The maximum absolute atomic E-state index is 13.6. The van der Waals surface area contributed by atoms with Crippen LogP contribution in [0.1, 0.15) is 27.4 Å². The molecule has 0 fully saturated rings. The number of aromatic nitrogens is 1. The van der Waals surface area contributed by atoms with Gasteiger partial charge in [0.05, 0.1) is 5.69 Å². The number of rotatable bonds is 5. The van der Waals surface area contributed by atoms with Crippen LogP contribution >= 0.6 is 0 Å². The van der Waals surface area contributed by atoms with E-state index in [-0.39, 0.29) is 24.7 Å². The number of fused-ring (bicyclic) bond motifs is 1. The van der Waals surface area contributed by atoms with Crippen molar-refractivity contribution in [1.29, 1.82) is 0 Å². The lowest BCUT2D eigenvalue weighted by atomic mass is 10.1. The third-order valence-corrected chi connectivity index (χ3v) is 4.08. The maximum Gasteiger partial charge on any atom is 0.290 e. The summed E-state index contributed by atoms with van der Waals surface area (Å²) in [6.07, 6.45) is 0.436. The lowest BCUT2D eigenvalue weighted by Crippen LogP contribution is -2.23. The van der Waals surface area contributed by atoms with Gasteiger partial charge in [-0.05, 0) is 23.8 Å². The smallest absolute Gasteiger partial charge is 0.290 e. The molecule has 0 saturated carbocycles. The molecule has 4 rings (SSSR count). The van der Waals surface area contributed by atoms with Gasteiger partial charge in [0.1, 0.15) is 0 Å². The first kappa shape index (κ1) is 17.0. The molecule has 6 nitrogen and oxygen atoms in total. The van der Waals surface area contributed by atoms with Crippen LogP contribution in [0.15, 0.2) is 47.0 Å². The Morgan fingerprint density at radius 3 is 2.85 bits per heavy atom. The molecule has 1 amide bonds. The number of carbonyl (C=O) groups is 1. The first-order chi connectivity index (χ1) is 13.1. The molecule has 0 radical (unpaired) electrons. The van der Waals surface area contributed by atoms with Crippen molar-refractivity contribution in [2.75, 3.05) is 6.79 Å². The average molecular weight is 372 g/mol. The minimum absolute atomic E-state index is 0.0115. The third kappa shape index (κ3) is 3.59. The molecule has 2 aromatic carbocycles. The predicted molar refractivity (Wildman–Crippen MR) is 89.4 cm³/mol. The molecule has 0 bridgehead atoms. The van der Waals surface area contributed by atoms with Gasteiger partial charge in [0.25, 0.3) is 5.91 Å². The zero-order chi connectivity index (χ0) is 18.8. The van der Waals surface area contributed by atoms with Crippen molar-refractivity contribution in [3.63, 3.8) is 0 Å². The van der Waals surface area contributed by atoms with Crippen molar-refractivity contribution >= 4 is 5.91 Å². The minimum atomic E-state index is -0.987. The summed E-state index contributed by atoms with van der Waals surface area (Å²) in [6.45, 7) is 0.0274. The molecule has 0 aliphatic carbocycles. The molecule has 1 N–H and O–H groups in total. The molecule has 0 spiro atoms. The Balaban J connectivity index is 1.40. The van der Waals surface area contributed by atoms with Crippen LogP contribution in [0.25, 0.3) is 0 Å². The van der Waals surface area contributed by atoms with Crippen LogP contribution < -0.4 is 14.8 Å². The first-order valence-corrected chi connectivity index (χ1v) is 8.15. The third-order valence-electron chi connectivity index (χ3n) is 4.08. The summed E-state index contributed by atoms with van der Waals surface area (Å²) in [5.74, 6) is -1.19. The summed E-state index contributed by atoms with van der Waals surface area (Å²) >= 11 is 0. The normalized spacial score (nSPS) is 12.2. The molecular weight excluding hydrogens is 358 g/mol. The first-order valence-electron chi connectivity index (χ1n) is 8.15. The van der Waals surface area contributed by atoms with Gasteiger partial charge in [-0.2, -0.15) is 0 Å². The van der Waals surface area contributed by atoms with Gasteiger partial charge in [0.2, 0.25) is 12.6 Å². The summed E-state index contributed by atoms with van der Waals surface area (Å²) < 4.78 is 42.4. The van der Waals surface area contributed by atoms with E-state index in [1.165, 1.54) is 18.2 Å². The molecular formula is C19H14F2N2O4. The number of benzene rings is 2. The van der Waals surface area contributed by atoms with Gasteiger partial charge < -0.3 is 19.3 Å². The lowest BCUT2D eigenvalue weighted by Gasteiger charge is -2.04. The Hall–Kier alpha value is -3.42.